The molecular weight excluding hydrogens is 190 g/mol. The van der Waals surface area contributed by atoms with Gasteiger partial charge in [-0.25, -0.2) is 0 Å². The standard InChI is InChI=1S/C11H19N3O/c15-11-5-9(6-12-11)13-8-3-4-14(7-8)10-1-2-10/h8-10,13H,1-7H2,(H,12,15). The zero-order chi connectivity index (χ0) is 10.3. The van der Waals surface area contributed by atoms with Gasteiger partial charge in [0.15, 0.2) is 0 Å². The Kier molecular flexibility index (Phi) is 2.41. The smallest absolute Gasteiger partial charge is 0.221 e. The lowest BCUT2D eigenvalue weighted by Gasteiger charge is -2.18. The Morgan fingerprint density at radius 1 is 1.27 bits per heavy atom. The van der Waals surface area contributed by atoms with Gasteiger partial charge in [0.2, 0.25) is 5.91 Å². The van der Waals surface area contributed by atoms with Crippen LogP contribution in [-0.4, -0.2) is 48.6 Å². The van der Waals surface area contributed by atoms with E-state index >= 15 is 0 Å². The van der Waals surface area contributed by atoms with Crippen LogP contribution >= 0.6 is 0 Å². The molecule has 0 bridgehead atoms. The van der Waals surface area contributed by atoms with Crippen molar-refractivity contribution < 1.29 is 4.79 Å². The van der Waals surface area contributed by atoms with Crippen LogP contribution in [0.4, 0.5) is 0 Å². The monoisotopic (exact) mass is 209 g/mol. The molecule has 3 fully saturated rings. The van der Waals surface area contributed by atoms with Crippen molar-refractivity contribution in [2.75, 3.05) is 19.6 Å². The molecule has 1 aliphatic carbocycles. The summed E-state index contributed by atoms with van der Waals surface area (Å²) in [5.74, 6) is 0.199. The number of carbonyl (C=O) groups excluding carboxylic acids is 1. The number of hydrogen-bond donors (Lipinski definition) is 2. The molecule has 15 heavy (non-hydrogen) atoms. The molecule has 3 rings (SSSR count). The maximum absolute atomic E-state index is 11.0. The van der Waals surface area contributed by atoms with Gasteiger partial charge >= 0.3 is 0 Å². The third-order valence-corrected chi connectivity index (χ3v) is 3.73. The summed E-state index contributed by atoms with van der Waals surface area (Å²) in [6, 6.07) is 1.88. The second kappa shape index (κ2) is 3.76. The first-order valence-electron chi connectivity index (χ1n) is 6.08. The number of nitrogens with zero attached hydrogens (tertiary/aromatic N) is 1. The van der Waals surface area contributed by atoms with E-state index in [-0.39, 0.29) is 5.91 Å². The molecule has 0 aromatic carbocycles. The Morgan fingerprint density at radius 3 is 2.80 bits per heavy atom. The van der Waals surface area contributed by atoms with Crippen molar-refractivity contribution in [2.24, 2.45) is 0 Å². The summed E-state index contributed by atoms with van der Waals surface area (Å²) >= 11 is 0. The summed E-state index contributed by atoms with van der Waals surface area (Å²) in [5.41, 5.74) is 0. The largest absolute Gasteiger partial charge is 0.354 e. The number of carbonyl (C=O) groups is 1. The molecule has 0 spiro atoms. The molecule has 2 heterocycles. The number of amides is 1. The Bertz CT molecular complexity index is 265. The summed E-state index contributed by atoms with van der Waals surface area (Å²) in [5, 5.41) is 6.47. The van der Waals surface area contributed by atoms with Crippen LogP contribution in [0.5, 0.6) is 0 Å². The fourth-order valence-corrected chi connectivity index (χ4v) is 2.75. The van der Waals surface area contributed by atoms with Gasteiger partial charge in [-0.15, -0.1) is 0 Å². The van der Waals surface area contributed by atoms with E-state index < -0.39 is 0 Å². The van der Waals surface area contributed by atoms with Crippen molar-refractivity contribution in [1.29, 1.82) is 0 Å². The second-order valence-electron chi connectivity index (χ2n) is 5.08. The van der Waals surface area contributed by atoms with E-state index in [0.717, 1.165) is 12.6 Å². The molecule has 3 aliphatic rings. The zero-order valence-corrected chi connectivity index (χ0v) is 9.04. The molecule has 2 atom stereocenters. The average molecular weight is 209 g/mol. The highest BCUT2D eigenvalue weighted by atomic mass is 16.1. The van der Waals surface area contributed by atoms with E-state index in [4.69, 9.17) is 0 Å². The minimum Gasteiger partial charge on any atom is -0.354 e. The molecule has 0 radical (unpaired) electrons. The minimum atomic E-state index is 0.199. The van der Waals surface area contributed by atoms with Gasteiger partial charge in [0, 0.05) is 44.2 Å². The third-order valence-electron chi connectivity index (χ3n) is 3.73. The normalized spacial score (nSPS) is 37.2. The lowest BCUT2D eigenvalue weighted by atomic mass is 10.2. The Morgan fingerprint density at radius 2 is 2.13 bits per heavy atom. The van der Waals surface area contributed by atoms with Gasteiger partial charge < -0.3 is 10.6 Å². The summed E-state index contributed by atoms with van der Waals surface area (Å²) in [6.07, 6.45) is 4.72. The van der Waals surface area contributed by atoms with Crippen LogP contribution in [0, 0.1) is 0 Å². The Balaban J connectivity index is 1.46. The molecule has 1 amide bonds. The van der Waals surface area contributed by atoms with Gasteiger partial charge in [0.1, 0.15) is 0 Å². The van der Waals surface area contributed by atoms with E-state index in [1.165, 1.54) is 32.4 Å². The summed E-state index contributed by atoms with van der Waals surface area (Å²) in [6.45, 7) is 3.25. The van der Waals surface area contributed by atoms with Crippen LogP contribution in [0.3, 0.4) is 0 Å². The van der Waals surface area contributed by atoms with E-state index in [1.807, 2.05) is 0 Å². The number of hydrogen-bond acceptors (Lipinski definition) is 3. The molecule has 2 aliphatic heterocycles. The van der Waals surface area contributed by atoms with Gasteiger partial charge in [-0.2, -0.15) is 0 Å². The van der Waals surface area contributed by atoms with Crippen LogP contribution in [0.2, 0.25) is 0 Å². The molecule has 2 saturated heterocycles. The van der Waals surface area contributed by atoms with Crippen molar-refractivity contribution in [2.45, 2.75) is 43.8 Å². The van der Waals surface area contributed by atoms with E-state index in [0.29, 0.717) is 18.5 Å². The fraction of sp³-hybridized carbons (Fsp3) is 0.909. The van der Waals surface area contributed by atoms with Crippen molar-refractivity contribution >= 4 is 5.91 Å². The molecule has 4 heteroatoms. The summed E-state index contributed by atoms with van der Waals surface area (Å²) < 4.78 is 0. The van der Waals surface area contributed by atoms with E-state index in [2.05, 4.69) is 15.5 Å². The van der Waals surface area contributed by atoms with Crippen LogP contribution in [-0.2, 0) is 4.79 Å². The van der Waals surface area contributed by atoms with Crippen LogP contribution in [0.25, 0.3) is 0 Å². The molecule has 0 aromatic heterocycles. The summed E-state index contributed by atoms with van der Waals surface area (Å²) in [7, 11) is 0. The fourth-order valence-electron chi connectivity index (χ4n) is 2.75. The maximum Gasteiger partial charge on any atom is 0.221 e. The predicted molar refractivity (Wildman–Crippen MR) is 57.6 cm³/mol. The van der Waals surface area contributed by atoms with Crippen molar-refractivity contribution in [3.8, 4) is 0 Å². The van der Waals surface area contributed by atoms with E-state index in [1.54, 1.807) is 0 Å². The topological polar surface area (TPSA) is 44.4 Å². The van der Waals surface area contributed by atoms with Gasteiger partial charge in [0.25, 0.3) is 0 Å². The zero-order valence-electron chi connectivity index (χ0n) is 9.04. The SMILES string of the molecule is O=C1CC(NC2CCN(C3CC3)C2)CN1. The number of likely N-dealkylation sites (tertiary alicyclic amines) is 1. The predicted octanol–water partition coefficient (Wildman–Crippen LogP) is -0.299. The second-order valence-corrected chi connectivity index (χ2v) is 5.08. The van der Waals surface area contributed by atoms with Crippen molar-refractivity contribution in [3.05, 3.63) is 0 Å². The lowest BCUT2D eigenvalue weighted by molar-refractivity contribution is -0.119. The van der Waals surface area contributed by atoms with Crippen LogP contribution in [0.1, 0.15) is 25.7 Å². The quantitative estimate of drug-likeness (QED) is 0.671. The van der Waals surface area contributed by atoms with Gasteiger partial charge in [-0.05, 0) is 19.3 Å². The number of nitrogens with one attached hydrogen (secondary N) is 2. The highest BCUT2D eigenvalue weighted by Crippen LogP contribution is 2.29. The van der Waals surface area contributed by atoms with E-state index in [9.17, 15) is 4.79 Å². The molecule has 1 saturated carbocycles. The average Bonchev–Trinajstić information content (AvgIpc) is 2.84. The number of rotatable bonds is 3. The third kappa shape index (κ3) is 2.16. The first-order chi connectivity index (χ1) is 7.31. The van der Waals surface area contributed by atoms with Gasteiger partial charge in [-0.1, -0.05) is 0 Å². The van der Waals surface area contributed by atoms with Crippen LogP contribution < -0.4 is 10.6 Å². The molecule has 2 N–H and O–H groups in total. The maximum atomic E-state index is 11.0. The highest BCUT2D eigenvalue weighted by molar-refractivity contribution is 5.78. The molecule has 4 nitrogen and oxygen atoms in total. The Labute approximate surface area is 90.4 Å². The van der Waals surface area contributed by atoms with Crippen molar-refractivity contribution in [1.82, 2.24) is 15.5 Å². The van der Waals surface area contributed by atoms with Crippen molar-refractivity contribution in [3.63, 3.8) is 0 Å². The Hall–Kier alpha value is -0.610. The first kappa shape index (κ1) is 9.60. The molecule has 0 aromatic rings. The van der Waals surface area contributed by atoms with Gasteiger partial charge in [-0.3, -0.25) is 9.69 Å². The molecular formula is C11H19N3O. The first-order valence-corrected chi connectivity index (χ1v) is 6.08. The highest BCUT2D eigenvalue weighted by Gasteiger charge is 2.35. The van der Waals surface area contributed by atoms with Crippen LogP contribution in [0.15, 0.2) is 0 Å². The lowest BCUT2D eigenvalue weighted by Crippen LogP contribution is -2.41. The molecule has 2 unspecified atom stereocenters. The molecule has 84 valence electrons. The minimum absolute atomic E-state index is 0.199. The summed E-state index contributed by atoms with van der Waals surface area (Å²) in [4.78, 5) is 13.6. The van der Waals surface area contributed by atoms with Gasteiger partial charge in [0.05, 0.1) is 0 Å².